The zero-order valence-corrected chi connectivity index (χ0v) is 11.6. The van der Waals surface area contributed by atoms with Gasteiger partial charge in [0.25, 0.3) is 5.91 Å². The zero-order chi connectivity index (χ0) is 13.4. The first-order valence-corrected chi connectivity index (χ1v) is 7.72. The number of aromatic nitrogens is 1. The molecule has 1 amide bonds. The van der Waals surface area contributed by atoms with E-state index in [0.29, 0.717) is 25.1 Å². The van der Waals surface area contributed by atoms with Gasteiger partial charge in [0, 0.05) is 23.9 Å². The topological polar surface area (TPSA) is 79.5 Å². The van der Waals surface area contributed by atoms with Crippen molar-refractivity contribution in [1.29, 1.82) is 0 Å². The van der Waals surface area contributed by atoms with Crippen LogP contribution in [0.3, 0.4) is 0 Å². The Morgan fingerprint density at radius 1 is 1.47 bits per heavy atom. The molecule has 0 radical (unpaired) electrons. The summed E-state index contributed by atoms with van der Waals surface area (Å²) in [7, 11) is 0. The van der Waals surface area contributed by atoms with Crippen LogP contribution in [0.5, 0.6) is 0 Å². The summed E-state index contributed by atoms with van der Waals surface area (Å²) in [5.74, 6) is 0.0268. The number of hydrogen-bond donors (Lipinski definition) is 2. The summed E-state index contributed by atoms with van der Waals surface area (Å²) in [5.41, 5.74) is 6.04. The molecule has 2 aliphatic heterocycles. The predicted octanol–water partition coefficient (Wildman–Crippen LogP) is 0.772. The van der Waals surface area contributed by atoms with Crippen LogP contribution >= 0.6 is 11.3 Å². The molecule has 3 heterocycles. The quantitative estimate of drug-likeness (QED) is 0.858. The number of hydrogen-bond acceptors (Lipinski definition) is 5. The maximum absolute atomic E-state index is 12.5. The van der Waals surface area contributed by atoms with Crippen molar-refractivity contribution in [3.63, 3.8) is 0 Å². The number of amides is 1. The molecule has 0 saturated carbocycles. The van der Waals surface area contributed by atoms with Crippen molar-refractivity contribution in [3.8, 4) is 0 Å². The van der Waals surface area contributed by atoms with Gasteiger partial charge in [-0.3, -0.25) is 4.79 Å². The van der Waals surface area contributed by atoms with Crippen LogP contribution in [0.1, 0.15) is 41.2 Å². The van der Waals surface area contributed by atoms with Gasteiger partial charge in [0.15, 0.2) is 0 Å². The Hall–Kier alpha value is -0.980. The van der Waals surface area contributed by atoms with Gasteiger partial charge in [0.1, 0.15) is 5.69 Å². The molecule has 1 aromatic heterocycles. The zero-order valence-electron chi connectivity index (χ0n) is 10.8. The second-order valence-electron chi connectivity index (χ2n) is 5.39. The Morgan fingerprint density at radius 2 is 2.16 bits per heavy atom. The van der Waals surface area contributed by atoms with E-state index in [-0.39, 0.29) is 24.1 Å². The van der Waals surface area contributed by atoms with Crippen molar-refractivity contribution in [1.82, 2.24) is 9.88 Å². The van der Waals surface area contributed by atoms with Crippen molar-refractivity contribution >= 4 is 17.2 Å². The van der Waals surface area contributed by atoms with Crippen LogP contribution in [-0.4, -0.2) is 45.6 Å². The van der Waals surface area contributed by atoms with Crippen LogP contribution in [0.15, 0.2) is 5.38 Å². The number of rotatable bonds is 3. The van der Waals surface area contributed by atoms with Gasteiger partial charge in [-0.05, 0) is 32.2 Å². The van der Waals surface area contributed by atoms with E-state index in [9.17, 15) is 9.90 Å². The molecule has 1 aromatic rings. The summed E-state index contributed by atoms with van der Waals surface area (Å²) in [4.78, 5) is 18.9. The smallest absolute Gasteiger partial charge is 0.273 e. The Kier molecular flexibility index (Phi) is 3.56. The van der Waals surface area contributed by atoms with E-state index >= 15 is 0 Å². The first-order chi connectivity index (χ1) is 9.19. The van der Waals surface area contributed by atoms with Gasteiger partial charge in [-0.25, -0.2) is 4.98 Å². The highest BCUT2D eigenvalue weighted by molar-refractivity contribution is 7.09. The molecule has 2 saturated heterocycles. The van der Waals surface area contributed by atoms with Crippen LogP contribution < -0.4 is 5.73 Å². The summed E-state index contributed by atoms with van der Waals surface area (Å²) in [6.45, 7) is 0.558. The summed E-state index contributed by atoms with van der Waals surface area (Å²) < 4.78 is 0. The summed E-state index contributed by atoms with van der Waals surface area (Å²) in [5, 5.41) is 12.5. The molecule has 19 heavy (non-hydrogen) atoms. The van der Waals surface area contributed by atoms with Crippen molar-refractivity contribution in [2.24, 2.45) is 5.73 Å². The van der Waals surface area contributed by atoms with E-state index in [1.165, 1.54) is 11.3 Å². The third-order valence-electron chi connectivity index (χ3n) is 4.07. The van der Waals surface area contributed by atoms with E-state index in [1.807, 2.05) is 10.3 Å². The van der Waals surface area contributed by atoms with Gasteiger partial charge in [-0.1, -0.05) is 0 Å². The fourth-order valence-corrected chi connectivity index (χ4v) is 4.05. The van der Waals surface area contributed by atoms with Crippen LogP contribution in [0.4, 0.5) is 0 Å². The van der Waals surface area contributed by atoms with E-state index in [1.54, 1.807) is 0 Å². The highest BCUT2D eigenvalue weighted by Gasteiger charge is 2.43. The standard InChI is InChI=1S/C13H19N3O2S/c14-4-3-12-15-11(7-19-12)13(18)16-8-1-2-9(16)6-10(17)5-8/h7-10,17H,1-6,14H2. The molecule has 2 fully saturated rings. The van der Waals surface area contributed by atoms with Crippen molar-refractivity contribution in [2.75, 3.05) is 6.54 Å². The molecule has 6 heteroatoms. The van der Waals surface area contributed by atoms with Crippen molar-refractivity contribution in [3.05, 3.63) is 16.1 Å². The van der Waals surface area contributed by atoms with E-state index in [2.05, 4.69) is 4.98 Å². The van der Waals surface area contributed by atoms with Gasteiger partial charge < -0.3 is 15.7 Å². The molecular formula is C13H19N3O2S. The van der Waals surface area contributed by atoms with E-state index in [0.717, 1.165) is 24.3 Å². The lowest BCUT2D eigenvalue weighted by molar-refractivity contribution is 0.0283. The molecule has 0 spiro atoms. The minimum atomic E-state index is -0.246. The van der Waals surface area contributed by atoms with Gasteiger partial charge in [-0.15, -0.1) is 11.3 Å². The second kappa shape index (κ2) is 5.19. The minimum Gasteiger partial charge on any atom is -0.393 e. The van der Waals surface area contributed by atoms with Gasteiger partial charge >= 0.3 is 0 Å². The monoisotopic (exact) mass is 281 g/mol. The molecule has 2 bridgehead atoms. The highest BCUT2D eigenvalue weighted by atomic mass is 32.1. The number of nitrogens with two attached hydrogens (primary N) is 1. The maximum atomic E-state index is 12.5. The number of aliphatic hydroxyl groups excluding tert-OH is 1. The molecule has 0 aromatic carbocycles. The lowest BCUT2D eigenvalue weighted by Crippen LogP contribution is -2.48. The number of fused-ring (bicyclic) bond motifs is 2. The van der Waals surface area contributed by atoms with Crippen LogP contribution in [-0.2, 0) is 6.42 Å². The third kappa shape index (κ3) is 2.40. The molecule has 2 unspecified atom stereocenters. The average molecular weight is 281 g/mol. The van der Waals surface area contributed by atoms with Gasteiger partial charge in [0.05, 0.1) is 11.1 Å². The fraction of sp³-hybridized carbons (Fsp3) is 0.692. The first kappa shape index (κ1) is 13.0. The summed E-state index contributed by atoms with van der Waals surface area (Å²) in [6.07, 6.45) is 3.92. The first-order valence-electron chi connectivity index (χ1n) is 6.84. The lowest BCUT2D eigenvalue weighted by Gasteiger charge is -2.36. The second-order valence-corrected chi connectivity index (χ2v) is 6.33. The minimum absolute atomic E-state index is 0.0268. The molecule has 2 aliphatic rings. The Bertz CT molecular complexity index is 462. The molecule has 3 rings (SSSR count). The van der Waals surface area contributed by atoms with Crippen LogP contribution in [0, 0.1) is 0 Å². The fourth-order valence-electron chi connectivity index (χ4n) is 3.26. The molecule has 3 N–H and O–H groups in total. The largest absolute Gasteiger partial charge is 0.393 e. The van der Waals surface area contributed by atoms with E-state index < -0.39 is 0 Å². The number of nitrogens with zero attached hydrogens (tertiary/aromatic N) is 2. The number of carbonyl (C=O) groups is 1. The average Bonchev–Trinajstić information content (AvgIpc) is 2.93. The maximum Gasteiger partial charge on any atom is 0.273 e. The number of thiazole rings is 1. The Labute approximate surface area is 116 Å². The molecule has 5 nitrogen and oxygen atoms in total. The third-order valence-corrected chi connectivity index (χ3v) is 4.98. The molecule has 0 aliphatic carbocycles. The predicted molar refractivity (Wildman–Crippen MR) is 73.1 cm³/mol. The summed E-state index contributed by atoms with van der Waals surface area (Å²) >= 11 is 1.50. The molecular weight excluding hydrogens is 262 g/mol. The van der Waals surface area contributed by atoms with Crippen LogP contribution in [0.2, 0.25) is 0 Å². The van der Waals surface area contributed by atoms with Gasteiger partial charge in [-0.2, -0.15) is 0 Å². The number of carbonyl (C=O) groups excluding carboxylic acids is 1. The lowest BCUT2D eigenvalue weighted by atomic mass is 9.99. The Morgan fingerprint density at radius 3 is 2.79 bits per heavy atom. The molecule has 104 valence electrons. The van der Waals surface area contributed by atoms with Gasteiger partial charge in [0.2, 0.25) is 0 Å². The number of piperidine rings is 1. The summed E-state index contributed by atoms with van der Waals surface area (Å²) in [6, 6.07) is 0.391. The van der Waals surface area contributed by atoms with E-state index in [4.69, 9.17) is 5.73 Å². The van der Waals surface area contributed by atoms with Crippen molar-refractivity contribution in [2.45, 2.75) is 50.3 Å². The normalized spacial score (nSPS) is 29.8. The highest BCUT2D eigenvalue weighted by Crippen LogP contribution is 2.36. The van der Waals surface area contributed by atoms with Crippen LogP contribution in [0.25, 0.3) is 0 Å². The Balaban J connectivity index is 1.76. The van der Waals surface area contributed by atoms with Crippen molar-refractivity contribution < 1.29 is 9.90 Å². The molecule has 2 atom stereocenters. The SMILES string of the molecule is NCCc1nc(C(=O)N2C3CCC2CC(O)C3)cs1. The number of aliphatic hydroxyl groups is 1.